The van der Waals surface area contributed by atoms with E-state index in [1.165, 1.54) is 55.5 Å². The summed E-state index contributed by atoms with van der Waals surface area (Å²) in [5, 5.41) is 0. The first-order valence-corrected chi connectivity index (χ1v) is 11.4. The topological polar surface area (TPSA) is 30.3 Å². The van der Waals surface area contributed by atoms with Gasteiger partial charge in [0.25, 0.3) is 0 Å². The summed E-state index contributed by atoms with van der Waals surface area (Å²) >= 11 is 0. The third-order valence-corrected chi connectivity index (χ3v) is 7.05. The van der Waals surface area contributed by atoms with Crippen molar-refractivity contribution >= 4 is 0 Å². The van der Waals surface area contributed by atoms with Gasteiger partial charge in [-0.25, -0.2) is 9.37 Å². The molecule has 5 rings (SSSR count). The molecule has 1 atom stereocenters. The van der Waals surface area contributed by atoms with Gasteiger partial charge in [0.2, 0.25) is 0 Å². The molecule has 1 unspecified atom stereocenters. The van der Waals surface area contributed by atoms with Gasteiger partial charge in [-0.1, -0.05) is 24.6 Å². The van der Waals surface area contributed by atoms with E-state index >= 15 is 0 Å². The van der Waals surface area contributed by atoms with Crippen LogP contribution in [0.2, 0.25) is 0 Å². The van der Waals surface area contributed by atoms with E-state index in [0.717, 1.165) is 37.2 Å². The monoisotopic (exact) mass is 419 g/mol. The first kappa shape index (κ1) is 20.3. The van der Waals surface area contributed by atoms with Gasteiger partial charge in [-0.05, 0) is 79.6 Å². The molecule has 31 heavy (non-hydrogen) atoms. The fourth-order valence-electron chi connectivity index (χ4n) is 5.29. The Hall–Kier alpha value is -2.66. The van der Waals surface area contributed by atoms with Crippen LogP contribution in [0.1, 0.15) is 42.4 Å². The molecule has 162 valence electrons. The van der Waals surface area contributed by atoms with Crippen LogP contribution in [0.4, 0.5) is 4.39 Å². The average Bonchev–Trinajstić information content (AvgIpc) is 3.32. The molecule has 4 nitrogen and oxygen atoms in total. The molecule has 2 heterocycles. The number of ether oxygens (including phenoxy) is 1. The van der Waals surface area contributed by atoms with Gasteiger partial charge in [0.05, 0.1) is 6.33 Å². The van der Waals surface area contributed by atoms with Gasteiger partial charge in [-0.2, -0.15) is 0 Å². The van der Waals surface area contributed by atoms with Crippen molar-refractivity contribution in [3.63, 3.8) is 0 Å². The molecule has 0 N–H and O–H groups in total. The predicted octanol–water partition coefficient (Wildman–Crippen LogP) is 5.01. The van der Waals surface area contributed by atoms with E-state index < -0.39 is 0 Å². The van der Waals surface area contributed by atoms with E-state index in [-0.39, 0.29) is 5.82 Å². The highest BCUT2D eigenvalue weighted by Gasteiger charge is 2.41. The third kappa shape index (κ3) is 4.52. The fraction of sp³-hybridized carbons (Fsp3) is 0.423. The number of hydrogen-bond donors (Lipinski definition) is 0. The Bertz CT molecular complexity index is 1000. The minimum absolute atomic E-state index is 0.215. The molecule has 1 aliphatic carbocycles. The van der Waals surface area contributed by atoms with Crippen molar-refractivity contribution in [1.29, 1.82) is 0 Å². The Kier molecular flexibility index (Phi) is 5.77. The Balaban J connectivity index is 1.26. The normalized spacial score (nSPS) is 21.2. The molecular formula is C26H30FN3O. The maximum atomic E-state index is 13.1. The second-order valence-electron chi connectivity index (χ2n) is 8.99. The molecule has 1 aliphatic heterocycles. The van der Waals surface area contributed by atoms with Crippen molar-refractivity contribution in [3.05, 3.63) is 83.7 Å². The van der Waals surface area contributed by atoms with Crippen molar-refractivity contribution in [2.45, 2.75) is 57.2 Å². The molecule has 0 saturated carbocycles. The van der Waals surface area contributed by atoms with Crippen molar-refractivity contribution in [3.8, 4) is 5.75 Å². The summed E-state index contributed by atoms with van der Waals surface area (Å²) < 4.78 is 21.3. The lowest BCUT2D eigenvalue weighted by Gasteiger charge is -2.50. The van der Waals surface area contributed by atoms with E-state index in [9.17, 15) is 4.39 Å². The number of aromatic nitrogens is 2. The zero-order valence-electron chi connectivity index (χ0n) is 18.0. The van der Waals surface area contributed by atoms with E-state index in [1.807, 2.05) is 12.5 Å². The van der Waals surface area contributed by atoms with Crippen LogP contribution in [0.3, 0.4) is 0 Å². The molecule has 0 radical (unpaired) electrons. The summed E-state index contributed by atoms with van der Waals surface area (Å²) in [6.45, 7) is 3.75. The minimum Gasteiger partial charge on any atom is -0.489 e. The molecule has 2 aliphatic rings. The second-order valence-corrected chi connectivity index (χ2v) is 8.99. The Morgan fingerprint density at radius 3 is 2.74 bits per heavy atom. The van der Waals surface area contributed by atoms with Crippen LogP contribution in [-0.4, -0.2) is 33.1 Å². The molecule has 3 aromatic rings. The van der Waals surface area contributed by atoms with Crippen molar-refractivity contribution in [1.82, 2.24) is 14.5 Å². The van der Waals surface area contributed by atoms with Gasteiger partial charge in [-0.3, -0.25) is 4.90 Å². The average molecular weight is 420 g/mol. The van der Waals surface area contributed by atoms with E-state index in [2.05, 4.69) is 38.8 Å². The maximum absolute atomic E-state index is 13.1. The van der Waals surface area contributed by atoms with Gasteiger partial charge >= 0.3 is 0 Å². The number of hydrogen-bond acceptors (Lipinski definition) is 3. The van der Waals surface area contributed by atoms with Crippen LogP contribution in [0.5, 0.6) is 5.75 Å². The number of likely N-dealkylation sites (tertiary alicyclic amines) is 1. The number of piperidine rings is 1. The first-order chi connectivity index (χ1) is 15.2. The number of imidazole rings is 1. The van der Waals surface area contributed by atoms with Gasteiger partial charge in [0.15, 0.2) is 0 Å². The zero-order chi connectivity index (χ0) is 21.1. The molecule has 1 aromatic heterocycles. The van der Waals surface area contributed by atoms with Gasteiger partial charge in [0.1, 0.15) is 18.2 Å². The van der Waals surface area contributed by atoms with Crippen LogP contribution in [0.25, 0.3) is 0 Å². The Morgan fingerprint density at radius 2 is 1.90 bits per heavy atom. The SMILES string of the molecule is Fc1ccc(COc2ccc3c(c2)CCC2(CCCCN2CCn2ccnc2)C3)cc1. The molecule has 2 aromatic carbocycles. The summed E-state index contributed by atoms with van der Waals surface area (Å²) in [6.07, 6.45) is 13.2. The largest absolute Gasteiger partial charge is 0.489 e. The summed E-state index contributed by atoms with van der Waals surface area (Å²) in [5.41, 5.74) is 4.16. The van der Waals surface area contributed by atoms with Crippen LogP contribution >= 0.6 is 0 Å². The molecule has 1 fully saturated rings. The lowest BCUT2D eigenvalue weighted by Crippen LogP contribution is -2.55. The fourth-order valence-corrected chi connectivity index (χ4v) is 5.29. The molecular weight excluding hydrogens is 389 g/mol. The summed E-state index contributed by atoms with van der Waals surface area (Å²) in [5.74, 6) is 0.688. The quantitative estimate of drug-likeness (QED) is 0.562. The molecule has 5 heteroatoms. The van der Waals surface area contributed by atoms with Crippen molar-refractivity contribution in [2.24, 2.45) is 0 Å². The zero-order valence-corrected chi connectivity index (χ0v) is 18.0. The van der Waals surface area contributed by atoms with Crippen molar-refractivity contribution in [2.75, 3.05) is 13.1 Å². The van der Waals surface area contributed by atoms with Gasteiger partial charge in [-0.15, -0.1) is 0 Å². The molecule has 1 saturated heterocycles. The smallest absolute Gasteiger partial charge is 0.123 e. The lowest BCUT2D eigenvalue weighted by atomic mass is 9.72. The van der Waals surface area contributed by atoms with Gasteiger partial charge in [0, 0.05) is 31.0 Å². The van der Waals surface area contributed by atoms with E-state index in [0.29, 0.717) is 12.1 Å². The second kappa shape index (κ2) is 8.83. The van der Waals surface area contributed by atoms with E-state index in [4.69, 9.17) is 4.74 Å². The number of aryl methyl sites for hydroxylation is 1. The first-order valence-electron chi connectivity index (χ1n) is 11.4. The highest BCUT2D eigenvalue weighted by molar-refractivity contribution is 5.39. The number of rotatable bonds is 6. The highest BCUT2D eigenvalue weighted by Crippen LogP contribution is 2.40. The van der Waals surface area contributed by atoms with Crippen LogP contribution in [0.15, 0.2) is 61.2 Å². The van der Waals surface area contributed by atoms with Gasteiger partial charge < -0.3 is 9.30 Å². The maximum Gasteiger partial charge on any atom is 0.123 e. The molecule has 1 spiro atoms. The number of nitrogens with zero attached hydrogens (tertiary/aromatic N) is 3. The van der Waals surface area contributed by atoms with E-state index in [1.54, 1.807) is 12.1 Å². The molecule has 0 amide bonds. The Labute approximate surface area is 183 Å². The summed E-state index contributed by atoms with van der Waals surface area (Å²) in [6, 6.07) is 13.1. The molecule has 0 bridgehead atoms. The van der Waals surface area contributed by atoms with Crippen molar-refractivity contribution < 1.29 is 9.13 Å². The Morgan fingerprint density at radius 1 is 1.00 bits per heavy atom. The predicted molar refractivity (Wildman–Crippen MR) is 120 cm³/mol. The van der Waals surface area contributed by atoms with Crippen LogP contribution < -0.4 is 4.74 Å². The standard InChI is InChI=1S/C26H30FN3O/c27-24-6-3-21(4-7-24)19-31-25-8-5-23-18-26(11-9-22(23)17-25)10-1-2-13-30(26)16-15-29-14-12-28-20-29/h3-8,12,14,17,20H,1-2,9-11,13,15-16,18-19H2. The summed E-state index contributed by atoms with van der Waals surface area (Å²) in [4.78, 5) is 6.93. The number of halogens is 1. The number of benzene rings is 2. The number of fused-ring (bicyclic) bond motifs is 1. The lowest BCUT2D eigenvalue weighted by molar-refractivity contribution is 0.0310. The minimum atomic E-state index is -0.215. The summed E-state index contributed by atoms with van der Waals surface area (Å²) in [7, 11) is 0. The third-order valence-electron chi connectivity index (χ3n) is 7.05. The highest BCUT2D eigenvalue weighted by atomic mass is 19.1. The van der Waals surface area contributed by atoms with Crippen LogP contribution in [0, 0.1) is 5.82 Å². The van der Waals surface area contributed by atoms with Crippen LogP contribution in [-0.2, 0) is 26.0 Å².